The first-order chi connectivity index (χ1) is 6.84. The Labute approximate surface area is 88.2 Å². The van der Waals surface area contributed by atoms with Gasteiger partial charge in [-0.3, -0.25) is 0 Å². The van der Waals surface area contributed by atoms with Crippen LogP contribution in [0.15, 0.2) is 17.3 Å². The van der Waals surface area contributed by atoms with Gasteiger partial charge in [-0.15, -0.1) is 0 Å². The monoisotopic (exact) mass is 238 g/mol. The molecule has 1 aromatic heterocycles. The molecule has 15 heavy (non-hydrogen) atoms. The number of hydrogen-bond donors (Lipinski definition) is 1. The molecule has 0 aliphatic rings. The highest BCUT2D eigenvalue weighted by Crippen LogP contribution is 2.30. The number of oxime groups is 1. The predicted octanol–water partition coefficient (Wildman–Crippen LogP) is 2.95. The molecule has 7 heteroatoms. The zero-order chi connectivity index (χ0) is 11.6. The zero-order valence-electron chi connectivity index (χ0n) is 7.51. The van der Waals surface area contributed by atoms with Crippen molar-refractivity contribution in [3.63, 3.8) is 0 Å². The second-order valence-electron chi connectivity index (χ2n) is 2.75. The lowest BCUT2D eigenvalue weighted by molar-refractivity contribution is -0.137. The fourth-order valence-corrected chi connectivity index (χ4v) is 1.11. The molecule has 3 nitrogen and oxygen atoms in total. The van der Waals surface area contributed by atoms with Gasteiger partial charge < -0.3 is 5.21 Å². The molecule has 0 aliphatic heterocycles. The summed E-state index contributed by atoms with van der Waals surface area (Å²) in [5.41, 5.74) is -1.08. The van der Waals surface area contributed by atoms with Gasteiger partial charge in [0.05, 0.1) is 11.3 Å². The first-order valence-electron chi connectivity index (χ1n) is 3.78. The van der Waals surface area contributed by atoms with Crippen LogP contribution in [0.4, 0.5) is 13.2 Å². The molecule has 1 heterocycles. The molecule has 82 valence electrons. The summed E-state index contributed by atoms with van der Waals surface area (Å²) in [6, 6.07) is 1.47. The van der Waals surface area contributed by atoms with Crippen LogP contribution in [0.5, 0.6) is 0 Å². The number of alkyl halides is 3. The van der Waals surface area contributed by atoms with Crippen LogP contribution in [0.1, 0.15) is 18.2 Å². The van der Waals surface area contributed by atoms with Gasteiger partial charge in [-0.05, 0) is 19.1 Å². The normalized spacial score (nSPS) is 13.0. The average Bonchev–Trinajstić information content (AvgIpc) is 2.14. The Balaban J connectivity index is 3.29. The van der Waals surface area contributed by atoms with E-state index in [4.69, 9.17) is 16.8 Å². The van der Waals surface area contributed by atoms with Gasteiger partial charge in [0.25, 0.3) is 0 Å². The smallest absolute Gasteiger partial charge is 0.411 e. The molecule has 0 saturated carbocycles. The third-order valence-electron chi connectivity index (χ3n) is 1.64. The molecule has 1 N–H and O–H groups in total. The van der Waals surface area contributed by atoms with Crippen molar-refractivity contribution in [3.8, 4) is 0 Å². The second kappa shape index (κ2) is 4.06. The molecule has 0 aliphatic carbocycles. The van der Waals surface area contributed by atoms with E-state index < -0.39 is 11.7 Å². The summed E-state index contributed by atoms with van der Waals surface area (Å²) < 4.78 is 37.0. The Bertz CT molecular complexity index is 403. The average molecular weight is 239 g/mol. The first-order valence-corrected chi connectivity index (χ1v) is 4.16. The maximum absolute atomic E-state index is 12.3. The van der Waals surface area contributed by atoms with Crippen molar-refractivity contribution in [1.29, 1.82) is 0 Å². The van der Waals surface area contributed by atoms with E-state index in [9.17, 15) is 13.2 Å². The van der Waals surface area contributed by atoms with E-state index in [1.54, 1.807) is 0 Å². The summed E-state index contributed by atoms with van der Waals surface area (Å²) in [4.78, 5) is 3.59. The van der Waals surface area contributed by atoms with Crippen molar-refractivity contribution in [2.45, 2.75) is 13.1 Å². The molecular formula is C8H6ClF3N2O. The van der Waals surface area contributed by atoms with Crippen LogP contribution in [0.3, 0.4) is 0 Å². The number of rotatable bonds is 1. The van der Waals surface area contributed by atoms with Gasteiger partial charge in [0.15, 0.2) is 0 Å². The van der Waals surface area contributed by atoms with Crippen LogP contribution < -0.4 is 0 Å². The molecule has 0 atom stereocenters. The van der Waals surface area contributed by atoms with Crippen molar-refractivity contribution in [2.24, 2.45) is 5.16 Å². The van der Waals surface area contributed by atoms with Gasteiger partial charge in [-0.1, -0.05) is 16.8 Å². The third-order valence-corrected chi connectivity index (χ3v) is 1.84. The van der Waals surface area contributed by atoms with Crippen LogP contribution in [0, 0.1) is 0 Å². The number of aromatic nitrogens is 1. The lowest BCUT2D eigenvalue weighted by Crippen LogP contribution is -2.08. The molecule has 0 aromatic carbocycles. The Morgan fingerprint density at radius 1 is 1.47 bits per heavy atom. The Morgan fingerprint density at radius 3 is 2.53 bits per heavy atom. The summed E-state index contributed by atoms with van der Waals surface area (Å²) in [7, 11) is 0. The number of halogens is 4. The van der Waals surface area contributed by atoms with E-state index in [-0.39, 0.29) is 16.6 Å². The van der Waals surface area contributed by atoms with Crippen LogP contribution in [0.2, 0.25) is 5.15 Å². The first kappa shape index (κ1) is 11.8. The number of nitrogens with zero attached hydrogens (tertiary/aromatic N) is 2. The summed E-state index contributed by atoms with van der Waals surface area (Å²) >= 11 is 5.41. The largest absolute Gasteiger partial charge is 0.416 e. The van der Waals surface area contributed by atoms with Gasteiger partial charge in [-0.2, -0.15) is 13.2 Å². The fourth-order valence-electron chi connectivity index (χ4n) is 0.897. The Kier molecular flexibility index (Phi) is 3.18. The van der Waals surface area contributed by atoms with Gasteiger partial charge in [-0.25, -0.2) is 4.98 Å². The molecular weight excluding hydrogens is 233 g/mol. The van der Waals surface area contributed by atoms with Crippen molar-refractivity contribution in [2.75, 3.05) is 0 Å². The minimum atomic E-state index is -4.50. The number of pyridine rings is 1. The van der Waals surface area contributed by atoms with Crippen molar-refractivity contribution in [1.82, 2.24) is 4.98 Å². The molecule has 0 fully saturated rings. The van der Waals surface area contributed by atoms with E-state index >= 15 is 0 Å². The van der Waals surface area contributed by atoms with Crippen LogP contribution in [-0.4, -0.2) is 15.9 Å². The molecule has 0 spiro atoms. The van der Waals surface area contributed by atoms with E-state index in [0.717, 1.165) is 6.07 Å². The standard InChI is InChI=1S/C8H6ClF3N2O/c1-4(14-15)6-2-5(8(10,11)12)3-7(9)13-6/h2-3,15H,1H3. The molecule has 1 rings (SSSR count). The van der Waals surface area contributed by atoms with Gasteiger partial charge >= 0.3 is 6.18 Å². The minimum absolute atomic E-state index is 0.0389. The predicted molar refractivity (Wildman–Crippen MR) is 48.2 cm³/mol. The molecule has 0 unspecified atom stereocenters. The van der Waals surface area contributed by atoms with Gasteiger partial charge in [0, 0.05) is 0 Å². The van der Waals surface area contributed by atoms with Crippen molar-refractivity contribution >= 4 is 17.3 Å². The van der Waals surface area contributed by atoms with Gasteiger partial charge in [0.2, 0.25) is 0 Å². The van der Waals surface area contributed by atoms with Gasteiger partial charge in [0.1, 0.15) is 10.9 Å². The lowest BCUT2D eigenvalue weighted by Gasteiger charge is -2.08. The highest BCUT2D eigenvalue weighted by molar-refractivity contribution is 6.29. The molecule has 0 bridgehead atoms. The topological polar surface area (TPSA) is 45.5 Å². The van der Waals surface area contributed by atoms with E-state index in [1.165, 1.54) is 6.92 Å². The third kappa shape index (κ3) is 2.82. The molecule has 1 aromatic rings. The van der Waals surface area contributed by atoms with Crippen LogP contribution >= 0.6 is 11.6 Å². The lowest BCUT2D eigenvalue weighted by atomic mass is 10.2. The van der Waals surface area contributed by atoms with E-state index in [1.807, 2.05) is 0 Å². The Morgan fingerprint density at radius 2 is 2.07 bits per heavy atom. The highest BCUT2D eigenvalue weighted by Gasteiger charge is 2.31. The maximum Gasteiger partial charge on any atom is 0.416 e. The van der Waals surface area contributed by atoms with Crippen molar-refractivity contribution in [3.05, 3.63) is 28.5 Å². The van der Waals surface area contributed by atoms with Crippen LogP contribution in [0.25, 0.3) is 0 Å². The second-order valence-corrected chi connectivity index (χ2v) is 3.13. The molecule has 0 amide bonds. The minimum Gasteiger partial charge on any atom is -0.411 e. The van der Waals surface area contributed by atoms with Crippen LogP contribution in [-0.2, 0) is 6.18 Å². The Hall–Kier alpha value is -1.30. The van der Waals surface area contributed by atoms with E-state index in [0.29, 0.717) is 6.07 Å². The summed E-state index contributed by atoms with van der Waals surface area (Å²) in [5, 5.41) is 10.8. The highest BCUT2D eigenvalue weighted by atomic mass is 35.5. The summed E-state index contributed by atoms with van der Waals surface area (Å²) in [6.07, 6.45) is -4.50. The zero-order valence-corrected chi connectivity index (χ0v) is 8.26. The maximum atomic E-state index is 12.3. The molecule has 0 saturated heterocycles. The fraction of sp³-hybridized carbons (Fsp3) is 0.250. The quantitative estimate of drug-likeness (QED) is 0.354. The molecule has 0 radical (unpaired) electrons. The number of hydrogen-bond acceptors (Lipinski definition) is 3. The SMILES string of the molecule is CC(=NO)c1cc(C(F)(F)F)cc(Cl)n1. The van der Waals surface area contributed by atoms with Crippen molar-refractivity contribution < 1.29 is 18.4 Å². The van der Waals surface area contributed by atoms with E-state index in [2.05, 4.69) is 10.1 Å². The summed E-state index contributed by atoms with van der Waals surface area (Å²) in [6.45, 7) is 1.32. The summed E-state index contributed by atoms with van der Waals surface area (Å²) in [5.74, 6) is 0.